The Morgan fingerprint density at radius 3 is 2.34 bits per heavy atom. The molecule has 2 aliphatic rings. The quantitative estimate of drug-likeness (QED) is 0.290. The van der Waals surface area contributed by atoms with E-state index in [1.54, 1.807) is 0 Å². The van der Waals surface area contributed by atoms with Gasteiger partial charge >= 0.3 is 0 Å². The first-order chi connectivity index (χ1) is 18.4. The van der Waals surface area contributed by atoms with Gasteiger partial charge in [0, 0.05) is 56.7 Å². The molecule has 1 saturated heterocycles. The van der Waals surface area contributed by atoms with Crippen LogP contribution in [0.15, 0.2) is 48.5 Å². The number of halogens is 2. The number of rotatable bonds is 12. The maximum atomic E-state index is 13.1. The third-order valence-corrected chi connectivity index (χ3v) is 8.77. The number of amides is 2. The molecule has 206 valence electrons. The van der Waals surface area contributed by atoms with Crippen LogP contribution in [0.3, 0.4) is 0 Å². The summed E-state index contributed by atoms with van der Waals surface area (Å²) < 4.78 is 0. The molecule has 1 aliphatic carbocycles. The molecule has 5 nitrogen and oxygen atoms in total. The average molecular weight is 559 g/mol. The molecule has 7 heteroatoms. The van der Waals surface area contributed by atoms with E-state index in [9.17, 15) is 9.59 Å². The molecule has 1 saturated carbocycles. The SMILES string of the molecule is CCCCN(C(=O)C1CC1)C1CCN(CC[C@H](CN(C)C(=O)c2ccccc2)c2ccc(Cl)c(Cl)c2)CC1. The number of hydrogen-bond acceptors (Lipinski definition) is 3. The lowest BCUT2D eigenvalue weighted by Crippen LogP contribution is -2.48. The fourth-order valence-corrected chi connectivity index (χ4v) is 5.81. The minimum absolute atomic E-state index is 0.0176. The molecular weight excluding hydrogens is 517 g/mol. The molecule has 1 atom stereocenters. The molecule has 0 N–H and O–H groups in total. The van der Waals surface area contributed by atoms with Crippen molar-refractivity contribution in [1.82, 2.24) is 14.7 Å². The van der Waals surface area contributed by atoms with Crippen LogP contribution < -0.4 is 0 Å². The van der Waals surface area contributed by atoms with Gasteiger partial charge < -0.3 is 14.7 Å². The first kappa shape index (κ1) is 28.9. The highest BCUT2D eigenvalue weighted by molar-refractivity contribution is 6.42. The van der Waals surface area contributed by atoms with Crippen molar-refractivity contribution >= 4 is 35.0 Å². The molecule has 1 aliphatic heterocycles. The molecule has 2 amide bonds. The topological polar surface area (TPSA) is 43.9 Å². The van der Waals surface area contributed by atoms with E-state index < -0.39 is 0 Å². The van der Waals surface area contributed by atoms with E-state index in [0.29, 0.717) is 34.1 Å². The Balaban J connectivity index is 1.37. The first-order valence-corrected chi connectivity index (χ1v) is 14.9. The van der Waals surface area contributed by atoms with Crippen molar-refractivity contribution in [3.8, 4) is 0 Å². The van der Waals surface area contributed by atoms with Crippen LogP contribution in [0.2, 0.25) is 10.0 Å². The van der Waals surface area contributed by atoms with Crippen LogP contribution in [0.4, 0.5) is 0 Å². The van der Waals surface area contributed by atoms with Gasteiger partial charge in [-0.25, -0.2) is 0 Å². The molecule has 38 heavy (non-hydrogen) atoms. The van der Waals surface area contributed by atoms with Gasteiger partial charge in [-0.1, -0.05) is 60.8 Å². The van der Waals surface area contributed by atoms with Crippen molar-refractivity contribution in [2.45, 2.75) is 63.8 Å². The van der Waals surface area contributed by atoms with Crippen molar-refractivity contribution < 1.29 is 9.59 Å². The van der Waals surface area contributed by atoms with Crippen molar-refractivity contribution in [1.29, 1.82) is 0 Å². The number of unbranched alkanes of at least 4 members (excludes halogenated alkanes) is 1. The summed E-state index contributed by atoms with van der Waals surface area (Å²) in [7, 11) is 1.87. The maximum Gasteiger partial charge on any atom is 0.253 e. The molecule has 2 fully saturated rings. The predicted molar refractivity (Wildman–Crippen MR) is 156 cm³/mol. The van der Waals surface area contributed by atoms with Crippen LogP contribution in [-0.4, -0.2) is 72.3 Å². The smallest absolute Gasteiger partial charge is 0.253 e. The van der Waals surface area contributed by atoms with E-state index in [1.165, 1.54) is 0 Å². The Labute approximate surface area is 238 Å². The Kier molecular flexibility index (Phi) is 10.5. The van der Waals surface area contributed by atoms with Crippen LogP contribution in [0.5, 0.6) is 0 Å². The van der Waals surface area contributed by atoms with Gasteiger partial charge in [-0.3, -0.25) is 9.59 Å². The summed E-state index contributed by atoms with van der Waals surface area (Å²) in [4.78, 5) is 32.5. The van der Waals surface area contributed by atoms with Gasteiger partial charge in [-0.05, 0) is 74.9 Å². The van der Waals surface area contributed by atoms with Gasteiger partial charge in [0.2, 0.25) is 5.91 Å². The zero-order valence-electron chi connectivity index (χ0n) is 22.8. The second-order valence-corrected chi connectivity index (χ2v) is 11.8. The highest BCUT2D eigenvalue weighted by atomic mass is 35.5. The number of carbonyl (C=O) groups excluding carboxylic acids is 2. The van der Waals surface area contributed by atoms with Gasteiger partial charge in [0.25, 0.3) is 5.91 Å². The number of likely N-dealkylation sites (N-methyl/N-ethyl adjacent to an activating group) is 1. The highest BCUT2D eigenvalue weighted by Crippen LogP contribution is 2.33. The summed E-state index contributed by atoms with van der Waals surface area (Å²) in [5, 5.41) is 1.08. The molecule has 4 rings (SSSR count). The Morgan fingerprint density at radius 2 is 1.71 bits per heavy atom. The van der Waals surface area contributed by atoms with E-state index in [4.69, 9.17) is 23.2 Å². The second-order valence-electron chi connectivity index (χ2n) is 10.9. The van der Waals surface area contributed by atoms with Gasteiger partial charge in [0.15, 0.2) is 0 Å². The lowest BCUT2D eigenvalue weighted by molar-refractivity contribution is -0.136. The highest BCUT2D eigenvalue weighted by Gasteiger charge is 2.37. The van der Waals surface area contributed by atoms with E-state index >= 15 is 0 Å². The van der Waals surface area contributed by atoms with Crippen LogP contribution in [0.25, 0.3) is 0 Å². The fraction of sp³-hybridized carbons (Fsp3) is 0.548. The molecule has 2 aromatic carbocycles. The van der Waals surface area contributed by atoms with Crippen LogP contribution in [0.1, 0.15) is 73.7 Å². The normalized spacial score (nSPS) is 17.3. The van der Waals surface area contributed by atoms with Gasteiger partial charge in [0.05, 0.1) is 10.0 Å². The second kappa shape index (κ2) is 13.8. The number of hydrogen-bond donors (Lipinski definition) is 0. The number of benzene rings is 2. The minimum atomic E-state index is 0.0176. The maximum absolute atomic E-state index is 13.1. The number of nitrogens with zero attached hydrogens (tertiary/aromatic N) is 3. The molecule has 0 aromatic heterocycles. The van der Waals surface area contributed by atoms with Crippen molar-refractivity contribution in [2.75, 3.05) is 39.8 Å². The number of likely N-dealkylation sites (tertiary alicyclic amines) is 1. The predicted octanol–water partition coefficient (Wildman–Crippen LogP) is 6.74. The monoisotopic (exact) mass is 557 g/mol. The number of carbonyl (C=O) groups is 2. The van der Waals surface area contributed by atoms with Gasteiger partial charge in [-0.15, -0.1) is 0 Å². The first-order valence-electron chi connectivity index (χ1n) is 14.2. The molecule has 2 aromatic rings. The zero-order valence-corrected chi connectivity index (χ0v) is 24.3. The summed E-state index contributed by atoms with van der Waals surface area (Å²) in [6.07, 6.45) is 7.31. The van der Waals surface area contributed by atoms with Crippen molar-refractivity contribution in [2.24, 2.45) is 5.92 Å². The summed E-state index contributed by atoms with van der Waals surface area (Å²) >= 11 is 12.6. The molecular formula is C31H41Cl2N3O2. The van der Waals surface area contributed by atoms with E-state index in [0.717, 1.165) is 76.7 Å². The summed E-state index contributed by atoms with van der Waals surface area (Å²) in [5.74, 6) is 0.830. The van der Waals surface area contributed by atoms with Crippen molar-refractivity contribution in [3.05, 3.63) is 69.7 Å². The Bertz CT molecular complexity index is 1070. The van der Waals surface area contributed by atoms with Gasteiger partial charge in [0.1, 0.15) is 0 Å². The fourth-order valence-electron chi connectivity index (χ4n) is 5.50. The lowest BCUT2D eigenvalue weighted by atomic mass is 9.93. The lowest BCUT2D eigenvalue weighted by Gasteiger charge is -2.39. The van der Waals surface area contributed by atoms with Gasteiger partial charge in [-0.2, -0.15) is 0 Å². The summed E-state index contributed by atoms with van der Waals surface area (Å²) in [6.45, 7) is 6.63. The van der Waals surface area contributed by atoms with E-state index in [-0.39, 0.29) is 17.7 Å². The molecule has 0 spiro atoms. The van der Waals surface area contributed by atoms with Crippen molar-refractivity contribution in [3.63, 3.8) is 0 Å². The van der Waals surface area contributed by atoms with Crippen LogP contribution in [-0.2, 0) is 4.79 Å². The molecule has 0 radical (unpaired) electrons. The van der Waals surface area contributed by atoms with Crippen LogP contribution >= 0.6 is 23.2 Å². The minimum Gasteiger partial charge on any atom is -0.341 e. The summed E-state index contributed by atoms with van der Waals surface area (Å²) in [6, 6.07) is 15.6. The molecule has 1 heterocycles. The largest absolute Gasteiger partial charge is 0.341 e. The molecule has 0 bridgehead atoms. The van der Waals surface area contributed by atoms with Crippen LogP contribution in [0, 0.1) is 5.92 Å². The third-order valence-electron chi connectivity index (χ3n) is 8.03. The standard InChI is InChI=1S/C31H41Cl2N3O2/c1-3-4-17-36(31(38)24-10-11-24)27-15-19-35(20-16-27)18-14-26(25-12-13-28(32)29(33)21-25)22-34(2)30(37)23-8-6-5-7-9-23/h5-9,12-13,21,24,26-27H,3-4,10-11,14-20,22H2,1-2H3/t26-/m1/s1. The van der Waals surface area contributed by atoms with E-state index in [1.807, 2.05) is 60.5 Å². The van der Waals surface area contributed by atoms with E-state index in [2.05, 4.69) is 16.7 Å². The zero-order chi connectivity index (χ0) is 27.1. The Hall–Kier alpha value is -2.08. The molecule has 0 unspecified atom stereocenters. The average Bonchev–Trinajstić information content (AvgIpc) is 3.79. The Morgan fingerprint density at radius 1 is 1.00 bits per heavy atom. The number of piperidine rings is 1. The third kappa shape index (κ3) is 7.74. The summed E-state index contributed by atoms with van der Waals surface area (Å²) in [5.41, 5.74) is 1.79.